The number of carboxylic acids is 1. The van der Waals surface area contributed by atoms with Gasteiger partial charge in [-0.25, -0.2) is 9.78 Å². The van der Waals surface area contributed by atoms with E-state index in [4.69, 9.17) is 5.11 Å². The highest BCUT2D eigenvalue weighted by atomic mass is 16.4. The summed E-state index contributed by atoms with van der Waals surface area (Å²) in [7, 11) is 1.53. The van der Waals surface area contributed by atoms with Gasteiger partial charge in [0.05, 0.1) is 16.7 Å². The van der Waals surface area contributed by atoms with Crippen LogP contribution in [-0.2, 0) is 4.79 Å². The summed E-state index contributed by atoms with van der Waals surface area (Å²) in [6, 6.07) is 2.68. The molecular weight excluding hydrogens is 274 g/mol. The Morgan fingerprint density at radius 2 is 1.90 bits per heavy atom. The topological polar surface area (TPSA) is 108 Å². The van der Waals surface area contributed by atoms with Gasteiger partial charge in [0.2, 0.25) is 5.91 Å². The van der Waals surface area contributed by atoms with Gasteiger partial charge in [0.25, 0.3) is 5.91 Å². The summed E-state index contributed by atoms with van der Waals surface area (Å²) in [6.07, 6.45) is 0. The zero-order chi connectivity index (χ0) is 16.2. The first kappa shape index (κ1) is 16.6. The van der Waals surface area contributed by atoms with Crippen molar-refractivity contribution in [3.63, 3.8) is 0 Å². The number of carbonyl (C=O) groups excluding carboxylic acids is 2. The number of aromatic carboxylic acids is 1. The molecule has 1 aromatic heterocycles. The number of rotatable bonds is 5. The molecule has 0 atom stereocenters. The molecule has 0 aromatic carbocycles. The molecule has 1 heterocycles. The Hall–Kier alpha value is -2.44. The Morgan fingerprint density at radius 1 is 1.29 bits per heavy atom. The molecule has 0 saturated carbocycles. The fraction of sp³-hybridized carbons (Fsp3) is 0.429. The minimum atomic E-state index is -1.09. The highest BCUT2D eigenvalue weighted by Crippen LogP contribution is 2.13. The molecule has 0 bridgehead atoms. The maximum Gasteiger partial charge on any atom is 0.337 e. The van der Waals surface area contributed by atoms with Gasteiger partial charge in [-0.1, -0.05) is 0 Å². The second kappa shape index (κ2) is 6.34. The number of nitrogens with one attached hydrogen (secondary N) is 2. The van der Waals surface area contributed by atoms with Crippen LogP contribution in [0.4, 0.5) is 0 Å². The van der Waals surface area contributed by atoms with Crippen LogP contribution < -0.4 is 10.6 Å². The lowest BCUT2D eigenvalue weighted by Gasteiger charge is -2.22. The van der Waals surface area contributed by atoms with Crippen molar-refractivity contribution in [2.24, 2.45) is 5.41 Å². The van der Waals surface area contributed by atoms with Gasteiger partial charge in [-0.05, 0) is 32.9 Å². The third-order valence-electron chi connectivity index (χ3n) is 3.08. The van der Waals surface area contributed by atoms with E-state index in [0.717, 1.165) is 0 Å². The molecule has 7 nitrogen and oxygen atoms in total. The SMILES string of the molecule is CNC(=O)C(C)(C)CNC(=O)c1ccc(C(=O)O)c(C)n1. The van der Waals surface area contributed by atoms with Crippen LogP contribution in [0.5, 0.6) is 0 Å². The van der Waals surface area contributed by atoms with Gasteiger partial charge in [-0.15, -0.1) is 0 Å². The average Bonchev–Trinajstić information content (AvgIpc) is 2.43. The van der Waals surface area contributed by atoms with Crippen molar-refractivity contribution in [1.29, 1.82) is 0 Å². The Balaban J connectivity index is 2.79. The molecule has 2 amide bonds. The maximum atomic E-state index is 12.0. The van der Waals surface area contributed by atoms with Crippen LogP contribution in [-0.4, -0.2) is 41.5 Å². The van der Waals surface area contributed by atoms with E-state index < -0.39 is 17.3 Å². The number of aryl methyl sites for hydroxylation is 1. The zero-order valence-electron chi connectivity index (χ0n) is 12.5. The smallest absolute Gasteiger partial charge is 0.337 e. The molecule has 0 fully saturated rings. The van der Waals surface area contributed by atoms with E-state index in [1.165, 1.54) is 26.1 Å². The van der Waals surface area contributed by atoms with Crippen molar-refractivity contribution in [3.05, 3.63) is 29.1 Å². The van der Waals surface area contributed by atoms with Gasteiger partial charge >= 0.3 is 5.97 Å². The van der Waals surface area contributed by atoms with Crippen molar-refractivity contribution in [1.82, 2.24) is 15.6 Å². The number of carbonyl (C=O) groups is 3. The number of hydrogen-bond donors (Lipinski definition) is 3. The normalized spacial score (nSPS) is 10.9. The van der Waals surface area contributed by atoms with E-state index in [9.17, 15) is 14.4 Å². The monoisotopic (exact) mass is 293 g/mol. The standard InChI is InChI=1S/C14H19N3O4/c1-8-9(12(19)20)5-6-10(17-8)11(18)16-7-14(2,3)13(21)15-4/h5-6H,7H2,1-4H3,(H,15,21)(H,16,18)(H,19,20). The van der Waals surface area contributed by atoms with Crippen LogP contribution in [0.25, 0.3) is 0 Å². The molecule has 1 aromatic rings. The highest BCUT2D eigenvalue weighted by molar-refractivity contribution is 5.94. The third-order valence-corrected chi connectivity index (χ3v) is 3.08. The number of amides is 2. The Labute approximate surface area is 122 Å². The van der Waals surface area contributed by atoms with Crippen molar-refractivity contribution in [2.45, 2.75) is 20.8 Å². The molecule has 3 N–H and O–H groups in total. The van der Waals surface area contributed by atoms with Crippen LogP contribution in [0, 0.1) is 12.3 Å². The molecule has 0 saturated heterocycles. The highest BCUT2D eigenvalue weighted by Gasteiger charge is 2.27. The zero-order valence-corrected chi connectivity index (χ0v) is 12.5. The van der Waals surface area contributed by atoms with Crippen molar-refractivity contribution >= 4 is 17.8 Å². The Bertz CT molecular complexity index is 582. The first-order valence-corrected chi connectivity index (χ1v) is 6.40. The predicted molar refractivity (Wildman–Crippen MR) is 76.1 cm³/mol. The molecule has 0 radical (unpaired) electrons. The van der Waals surface area contributed by atoms with Gasteiger partial charge in [-0.2, -0.15) is 0 Å². The molecular formula is C14H19N3O4. The van der Waals surface area contributed by atoms with Crippen LogP contribution in [0.3, 0.4) is 0 Å². The summed E-state index contributed by atoms with van der Waals surface area (Å²) < 4.78 is 0. The third kappa shape index (κ3) is 4.01. The fourth-order valence-corrected chi connectivity index (χ4v) is 1.72. The van der Waals surface area contributed by atoms with Crippen molar-refractivity contribution < 1.29 is 19.5 Å². The van der Waals surface area contributed by atoms with Crippen LogP contribution in [0.2, 0.25) is 0 Å². The van der Waals surface area contributed by atoms with Gasteiger partial charge in [0.1, 0.15) is 5.69 Å². The molecule has 0 aliphatic carbocycles. The number of hydrogen-bond acceptors (Lipinski definition) is 4. The van der Waals surface area contributed by atoms with Gasteiger partial charge < -0.3 is 15.7 Å². The predicted octanol–water partition coefficient (Wildman–Crippen LogP) is 0.590. The summed E-state index contributed by atoms with van der Waals surface area (Å²) in [5, 5.41) is 14.1. The summed E-state index contributed by atoms with van der Waals surface area (Å²) in [4.78, 5) is 38.4. The minimum absolute atomic E-state index is 0.0530. The number of aromatic nitrogens is 1. The van der Waals surface area contributed by atoms with E-state index in [-0.39, 0.29) is 29.4 Å². The molecule has 0 aliphatic rings. The molecule has 0 aliphatic heterocycles. The summed E-state index contributed by atoms with van der Waals surface area (Å²) in [5.74, 6) is -1.73. The average molecular weight is 293 g/mol. The molecule has 0 unspecified atom stereocenters. The number of carboxylic acid groups (broad SMARTS) is 1. The number of nitrogens with zero attached hydrogens (tertiary/aromatic N) is 1. The largest absolute Gasteiger partial charge is 0.478 e. The number of pyridine rings is 1. The van der Waals surface area contributed by atoms with Crippen LogP contribution in [0.15, 0.2) is 12.1 Å². The Kier molecular flexibility index (Phi) is 5.02. The van der Waals surface area contributed by atoms with Gasteiger partial charge in [0.15, 0.2) is 0 Å². The van der Waals surface area contributed by atoms with E-state index >= 15 is 0 Å². The lowest BCUT2D eigenvalue weighted by atomic mass is 9.92. The van der Waals surface area contributed by atoms with Crippen LogP contribution >= 0.6 is 0 Å². The minimum Gasteiger partial charge on any atom is -0.478 e. The summed E-state index contributed by atoms with van der Waals surface area (Å²) in [6.45, 7) is 5.08. The molecule has 21 heavy (non-hydrogen) atoms. The van der Waals surface area contributed by atoms with Gasteiger partial charge in [-0.3, -0.25) is 9.59 Å². The second-order valence-electron chi connectivity index (χ2n) is 5.28. The summed E-state index contributed by atoms with van der Waals surface area (Å²) >= 11 is 0. The van der Waals surface area contributed by atoms with Crippen molar-refractivity contribution in [3.8, 4) is 0 Å². The van der Waals surface area contributed by atoms with Crippen molar-refractivity contribution in [2.75, 3.05) is 13.6 Å². The van der Waals surface area contributed by atoms with E-state index in [0.29, 0.717) is 0 Å². The van der Waals surface area contributed by atoms with E-state index in [2.05, 4.69) is 15.6 Å². The quantitative estimate of drug-likeness (QED) is 0.736. The van der Waals surface area contributed by atoms with Gasteiger partial charge in [0, 0.05) is 13.6 Å². The first-order chi connectivity index (χ1) is 9.69. The van der Waals surface area contributed by atoms with E-state index in [1.807, 2.05) is 0 Å². The second-order valence-corrected chi connectivity index (χ2v) is 5.28. The summed E-state index contributed by atoms with van der Waals surface area (Å²) in [5.41, 5.74) is -0.316. The Morgan fingerprint density at radius 3 is 2.38 bits per heavy atom. The lowest BCUT2D eigenvalue weighted by Crippen LogP contribution is -2.43. The molecule has 7 heteroatoms. The molecule has 114 valence electrons. The maximum absolute atomic E-state index is 12.0. The lowest BCUT2D eigenvalue weighted by molar-refractivity contribution is -0.128. The van der Waals surface area contributed by atoms with Crippen LogP contribution in [0.1, 0.15) is 40.4 Å². The van der Waals surface area contributed by atoms with E-state index in [1.54, 1.807) is 13.8 Å². The fourth-order valence-electron chi connectivity index (χ4n) is 1.72. The molecule has 1 rings (SSSR count). The molecule has 0 spiro atoms. The first-order valence-electron chi connectivity index (χ1n) is 6.40.